The minimum absolute atomic E-state index is 0.191. The number of nitrogens with zero attached hydrogens (tertiary/aromatic N) is 1. The average molecular weight is 486 g/mol. The lowest BCUT2D eigenvalue weighted by molar-refractivity contribution is -0.137. The number of hydrogen-bond donors (Lipinski definition) is 3. The zero-order valence-electron chi connectivity index (χ0n) is 19.0. The molecule has 0 amide bonds. The van der Waals surface area contributed by atoms with Crippen molar-refractivity contribution in [1.82, 2.24) is 4.31 Å². The number of para-hydroxylation sites is 1. The van der Waals surface area contributed by atoms with Crippen LogP contribution in [-0.4, -0.2) is 37.1 Å². The van der Waals surface area contributed by atoms with Crippen LogP contribution in [0.15, 0.2) is 71.6 Å². The lowest BCUT2D eigenvalue weighted by Gasteiger charge is -2.42. The molecule has 0 radical (unpaired) electrons. The van der Waals surface area contributed by atoms with Crippen LogP contribution in [0.1, 0.15) is 41.5 Å². The summed E-state index contributed by atoms with van der Waals surface area (Å²) in [6.07, 6.45) is -0.464. The van der Waals surface area contributed by atoms with Gasteiger partial charge in [-0.25, -0.2) is 4.39 Å². The molecule has 3 N–H and O–H groups in total. The molecule has 1 aliphatic rings. The van der Waals surface area contributed by atoms with E-state index in [1.165, 1.54) is 12.1 Å². The fraction of sp³-hybridized carbons (Fsp3) is 0.269. The van der Waals surface area contributed by atoms with E-state index in [1.807, 2.05) is 32.0 Å². The Kier molecular flexibility index (Phi) is 6.95. The number of carboxylic acids is 1. The van der Waals surface area contributed by atoms with E-state index in [0.717, 1.165) is 16.7 Å². The molecule has 8 heteroatoms. The van der Waals surface area contributed by atoms with Gasteiger partial charge in [-0.2, -0.15) is 4.31 Å². The zero-order valence-corrected chi connectivity index (χ0v) is 19.8. The van der Waals surface area contributed by atoms with Crippen LogP contribution in [0.3, 0.4) is 0 Å². The summed E-state index contributed by atoms with van der Waals surface area (Å²) in [6, 6.07) is 18.5. The number of carboxylic acid groups (broad SMARTS) is 1. The molecule has 1 unspecified atom stereocenters. The summed E-state index contributed by atoms with van der Waals surface area (Å²) < 4.78 is 43.9. The topological polar surface area (TPSA) is 90.2 Å². The summed E-state index contributed by atoms with van der Waals surface area (Å²) >= 11 is 0. The second kappa shape index (κ2) is 9.76. The van der Waals surface area contributed by atoms with Crippen molar-refractivity contribution in [3.8, 4) is 5.75 Å². The SMILES string of the molecule is Cc1ccc(C(CC(=O)O)c2cccc(F)c2)cc1CN1C[C@@H](C)Oc2ccccc2S1(O)O. The summed E-state index contributed by atoms with van der Waals surface area (Å²) in [6.45, 7) is 4.32. The Labute approximate surface area is 200 Å². The van der Waals surface area contributed by atoms with E-state index in [1.54, 1.807) is 40.7 Å². The lowest BCUT2D eigenvalue weighted by atomic mass is 9.87. The molecule has 3 aromatic carbocycles. The summed E-state index contributed by atoms with van der Waals surface area (Å²) in [4.78, 5) is 12.0. The van der Waals surface area contributed by atoms with Crippen molar-refractivity contribution >= 4 is 16.7 Å². The molecule has 0 spiro atoms. The number of benzene rings is 3. The molecular formula is C26H28FNO5S. The number of hydrogen-bond acceptors (Lipinski definition) is 5. The fourth-order valence-electron chi connectivity index (χ4n) is 4.31. The molecule has 1 aliphatic heterocycles. The number of fused-ring (bicyclic) bond motifs is 1. The number of carbonyl (C=O) groups is 1. The third kappa shape index (κ3) is 5.10. The maximum atomic E-state index is 13.9. The highest BCUT2D eigenvalue weighted by Crippen LogP contribution is 2.57. The monoisotopic (exact) mass is 485 g/mol. The molecule has 0 aliphatic carbocycles. The van der Waals surface area contributed by atoms with Crippen LogP contribution in [0.5, 0.6) is 5.75 Å². The first kappa shape index (κ1) is 24.2. The van der Waals surface area contributed by atoms with Crippen molar-refractivity contribution in [2.75, 3.05) is 6.54 Å². The van der Waals surface area contributed by atoms with E-state index in [4.69, 9.17) is 4.74 Å². The van der Waals surface area contributed by atoms with Crippen LogP contribution < -0.4 is 4.74 Å². The highest BCUT2D eigenvalue weighted by molar-refractivity contribution is 8.22. The van der Waals surface area contributed by atoms with Crippen LogP contribution >= 0.6 is 10.8 Å². The maximum absolute atomic E-state index is 13.9. The van der Waals surface area contributed by atoms with Crippen molar-refractivity contribution in [2.24, 2.45) is 0 Å². The van der Waals surface area contributed by atoms with Gasteiger partial charge in [-0.1, -0.05) is 42.5 Å². The second-order valence-corrected chi connectivity index (χ2v) is 10.6. The molecule has 2 atom stereocenters. The third-order valence-electron chi connectivity index (χ3n) is 6.05. The van der Waals surface area contributed by atoms with E-state index in [0.29, 0.717) is 22.8 Å². The van der Waals surface area contributed by atoms with Gasteiger partial charge in [-0.3, -0.25) is 13.9 Å². The minimum Gasteiger partial charge on any atom is -0.487 e. The maximum Gasteiger partial charge on any atom is 0.304 e. The van der Waals surface area contributed by atoms with Crippen molar-refractivity contribution < 1.29 is 28.1 Å². The number of halogens is 1. The van der Waals surface area contributed by atoms with Crippen molar-refractivity contribution in [2.45, 2.75) is 43.7 Å². The molecule has 1 heterocycles. The molecule has 6 nitrogen and oxygen atoms in total. The predicted molar refractivity (Wildman–Crippen MR) is 130 cm³/mol. The van der Waals surface area contributed by atoms with E-state index >= 15 is 0 Å². The van der Waals surface area contributed by atoms with Gasteiger partial charge in [-0.05, 0) is 60.4 Å². The Morgan fingerprint density at radius 1 is 1.12 bits per heavy atom. The molecule has 180 valence electrons. The molecule has 34 heavy (non-hydrogen) atoms. The molecule has 4 rings (SSSR count). The van der Waals surface area contributed by atoms with Crippen LogP contribution in [0.25, 0.3) is 0 Å². The van der Waals surface area contributed by atoms with E-state index in [-0.39, 0.29) is 19.1 Å². The van der Waals surface area contributed by atoms with Gasteiger partial charge in [0, 0.05) is 12.5 Å². The smallest absolute Gasteiger partial charge is 0.304 e. The second-order valence-electron chi connectivity index (χ2n) is 8.61. The van der Waals surface area contributed by atoms with Crippen LogP contribution in [0, 0.1) is 12.7 Å². The van der Waals surface area contributed by atoms with Crippen molar-refractivity contribution in [3.63, 3.8) is 0 Å². The van der Waals surface area contributed by atoms with Crippen LogP contribution in [0.4, 0.5) is 4.39 Å². The van der Waals surface area contributed by atoms with Crippen LogP contribution in [-0.2, 0) is 11.3 Å². The van der Waals surface area contributed by atoms with Crippen LogP contribution in [0.2, 0.25) is 0 Å². The summed E-state index contributed by atoms with van der Waals surface area (Å²) in [5, 5.41) is 9.50. The Morgan fingerprint density at radius 3 is 2.59 bits per heavy atom. The van der Waals surface area contributed by atoms with E-state index in [9.17, 15) is 23.4 Å². The summed E-state index contributed by atoms with van der Waals surface area (Å²) in [7, 11) is -3.31. The predicted octanol–water partition coefficient (Wildman–Crippen LogP) is 6.05. The number of aryl methyl sites for hydroxylation is 1. The molecule has 3 aromatic rings. The van der Waals surface area contributed by atoms with Gasteiger partial charge in [0.25, 0.3) is 0 Å². The highest BCUT2D eigenvalue weighted by atomic mass is 32.3. The first-order valence-corrected chi connectivity index (χ1v) is 12.5. The largest absolute Gasteiger partial charge is 0.487 e. The normalized spacial score (nSPS) is 19.4. The first-order chi connectivity index (χ1) is 16.1. The van der Waals surface area contributed by atoms with E-state index in [2.05, 4.69) is 0 Å². The molecule has 0 saturated heterocycles. The van der Waals surface area contributed by atoms with Gasteiger partial charge in [-0.15, -0.1) is 10.8 Å². The van der Waals surface area contributed by atoms with Crippen molar-refractivity contribution in [1.29, 1.82) is 0 Å². The quantitative estimate of drug-likeness (QED) is 0.394. The molecule has 0 fully saturated rings. The standard InChI is InChI=1S/C26H28FNO5S/c1-17-10-11-20(23(14-26(29)30)19-6-5-7-22(27)13-19)12-21(17)16-28-15-18(2)33-24-8-3-4-9-25(24)34(28,31)32/h3-13,18,23,31-32H,14-16H2,1-2H3,(H,29,30)/t18-,23?/m1/s1. The number of aliphatic carboxylic acids is 1. The van der Waals surface area contributed by atoms with Gasteiger partial charge >= 0.3 is 5.97 Å². The Hall–Kier alpha value is -2.91. The highest BCUT2D eigenvalue weighted by Gasteiger charge is 2.34. The molecule has 0 saturated carbocycles. The molecular weight excluding hydrogens is 457 g/mol. The Morgan fingerprint density at radius 2 is 1.85 bits per heavy atom. The van der Waals surface area contributed by atoms with Gasteiger partial charge < -0.3 is 9.84 Å². The lowest BCUT2D eigenvalue weighted by Crippen LogP contribution is -2.33. The minimum atomic E-state index is -3.31. The molecule has 0 bridgehead atoms. The number of rotatable bonds is 6. The fourth-order valence-corrected chi connectivity index (χ4v) is 5.97. The summed E-state index contributed by atoms with van der Waals surface area (Å²) in [5.41, 5.74) is 3.06. The Balaban J connectivity index is 1.71. The van der Waals surface area contributed by atoms with Gasteiger partial charge in [0.2, 0.25) is 0 Å². The summed E-state index contributed by atoms with van der Waals surface area (Å²) in [5.74, 6) is -1.50. The average Bonchev–Trinajstić information content (AvgIpc) is 2.87. The van der Waals surface area contributed by atoms with Crippen molar-refractivity contribution in [3.05, 3.63) is 94.8 Å². The van der Waals surface area contributed by atoms with Gasteiger partial charge in [0.1, 0.15) is 22.6 Å². The third-order valence-corrected chi connectivity index (χ3v) is 7.97. The van der Waals surface area contributed by atoms with E-state index < -0.39 is 28.5 Å². The van der Waals surface area contributed by atoms with Gasteiger partial charge in [0.05, 0.1) is 13.0 Å². The first-order valence-electron chi connectivity index (χ1n) is 11.0. The molecule has 0 aromatic heterocycles. The number of ether oxygens (including phenoxy) is 1. The Bertz CT molecular complexity index is 1200. The zero-order chi connectivity index (χ0) is 24.5. The van der Waals surface area contributed by atoms with Gasteiger partial charge in [0.15, 0.2) is 0 Å².